The van der Waals surface area contributed by atoms with Crippen molar-refractivity contribution in [1.82, 2.24) is 4.98 Å². The lowest BCUT2D eigenvalue weighted by Crippen LogP contribution is -2.30. The van der Waals surface area contributed by atoms with Crippen molar-refractivity contribution in [1.29, 1.82) is 0 Å². The molecule has 1 atom stereocenters. The molecule has 0 aliphatic heterocycles. The molecule has 0 fully saturated rings. The molecule has 0 saturated carbocycles. The van der Waals surface area contributed by atoms with Gasteiger partial charge in [-0.3, -0.25) is 14.6 Å². The molecule has 16 heavy (non-hydrogen) atoms. The van der Waals surface area contributed by atoms with Gasteiger partial charge in [-0.05, 0) is 18.6 Å². The predicted octanol–water partition coefficient (Wildman–Crippen LogP) is 0.345. The van der Waals surface area contributed by atoms with Gasteiger partial charge < -0.3 is 15.9 Å². The Morgan fingerprint density at radius 3 is 2.00 bits per heavy atom. The fraction of sp³-hybridized carbons (Fsp3) is 0.300. The Morgan fingerprint density at radius 2 is 1.75 bits per heavy atom. The highest BCUT2D eigenvalue weighted by atomic mass is 16.4. The third-order valence-electron chi connectivity index (χ3n) is 1.55. The molecule has 1 unspecified atom stereocenters. The molecule has 1 rings (SSSR count). The number of hydrogen-bond donors (Lipinski definition) is 3. The van der Waals surface area contributed by atoms with Gasteiger partial charge in [-0.1, -0.05) is 6.07 Å². The summed E-state index contributed by atoms with van der Waals surface area (Å²) in [5, 5.41) is 16.3. The van der Waals surface area contributed by atoms with Crippen molar-refractivity contribution < 1.29 is 19.8 Å². The van der Waals surface area contributed by atoms with Gasteiger partial charge in [-0.25, -0.2) is 0 Å². The van der Waals surface area contributed by atoms with E-state index in [0.717, 1.165) is 0 Å². The number of carboxylic acid groups (broad SMARTS) is 2. The van der Waals surface area contributed by atoms with Gasteiger partial charge in [-0.2, -0.15) is 0 Å². The monoisotopic (exact) mass is 226 g/mol. The van der Waals surface area contributed by atoms with E-state index in [1.807, 2.05) is 18.2 Å². The van der Waals surface area contributed by atoms with Crippen LogP contribution < -0.4 is 5.73 Å². The first-order valence-electron chi connectivity index (χ1n) is 4.59. The Bertz CT molecular complexity index is 289. The summed E-state index contributed by atoms with van der Waals surface area (Å²) >= 11 is 0. The van der Waals surface area contributed by atoms with Gasteiger partial charge in [0.05, 0.1) is 0 Å². The minimum Gasteiger partial charge on any atom is -0.481 e. The first-order valence-corrected chi connectivity index (χ1v) is 4.59. The van der Waals surface area contributed by atoms with E-state index in [0.29, 0.717) is 0 Å². The molecular weight excluding hydrogens is 212 g/mol. The quantitative estimate of drug-likeness (QED) is 0.682. The predicted molar refractivity (Wildman–Crippen MR) is 56.7 cm³/mol. The summed E-state index contributed by atoms with van der Waals surface area (Å²) in [4.78, 5) is 23.7. The van der Waals surface area contributed by atoms with Crippen LogP contribution >= 0.6 is 0 Å². The first kappa shape index (κ1) is 14.1. The van der Waals surface area contributed by atoms with Crippen LogP contribution in [0.1, 0.15) is 12.8 Å². The van der Waals surface area contributed by atoms with Crippen LogP contribution in [0.2, 0.25) is 0 Å². The standard InChI is InChI=1S/C5H9NO4.C5H5N/c6-3(5(9)10)1-2-4(7)8;1-2-4-6-5-3-1/h3H,1-2,6H2,(H,7,8)(H,9,10);1-5H. The molecule has 0 saturated heterocycles. The molecule has 4 N–H and O–H groups in total. The van der Waals surface area contributed by atoms with Crippen LogP contribution in [-0.2, 0) is 9.59 Å². The minimum atomic E-state index is -1.17. The molecule has 6 heteroatoms. The van der Waals surface area contributed by atoms with Crippen molar-refractivity contribution in [2.45, 2.75) is 18.9 Å². The van der Waals surface area contributed by atoms with Crippen LogP contribution in [0, 0.1) is 0 Å². The number of carboxylic acids is 2. The summed E-state index contributed by atoms with van der Waals surface area (Å²) < 4.78 is 0. The highest BCUT2D eigenvalue weighted by Gasteiger charge is 2.12. The van der Waals surface area contributed by atoms with E-state index in [1.54, 1.807) is 12.4 Å². The molecule has 1 aromatic rings. The molecule has 1 aromatic heterocycles. The van der Waals surface area contributed by atoms with Crippen LogP contribution in [0.25, 0.3) is 0 Å². The van der Waals surface area contributed by atoms with E-state index in [1.165, 1.54) is 0 Å². The zero-order valence-corrected chi connectivity index (χ0v) is 8.61. The lowest BCUT2D eigenvalue weighted by atomic mass is 10.2. The lowest BCUT2D eigenvalue weighted by Gasteiger charge is -2.01. The van der Waals surface area contributed by atoms with Gasteiger partial charge >= 0.3 is 11.9 Å². The molecule has 0 radical (unpaired) electrons. The molecule has 0 spiro atoms. The molecule has 0 aliphatic rings. The average molecular weight is 226 g/mol. The Balaban J connectivity index is 0.000000315. The van der Waals surface area contributed by atoms with Gasteiger partial charge in [0.2, 0.25) is 0 Å². The van der Waals surface area contributed by atoms with Crippen LogP contribution in [-0.4, -0.2) is 33.2 Å². The Morgan fingerprint density at radius 1 is 1.19 bits per heavy atom. The second-order valence-electron chi connectivity index (χ2n) is 2.90. The first-order chi connectivity index (χ1) is 7.54. The van der Waals surface area contributed by atoms with Gasteiger partial charge in [0, 0.05) is 18.8 Å². The second-order valence-corrected chi connectivity index (χ2v) is 2.90. The van der Waals surface area contributed by atoms with Crippen molar-refractivity contribution in [2.75, 3.05) is 0 Å². The number of aromatic nitrogens is 1. The maximum Gasteiger partial charge on any atom is 0.320 e. The number of carbonyl (C=O) groups is 2. The Hall–Kier alpha value is -1.95. The van der Waals surface area contributed by atoms with Crippen LogP contribution in [0.3, 0.4) is 0 Å². The number of nitrogens with zero attached hydrogens (tertiary/aromatic N) is 1. The Kier molecular flexibility index (Phi) is 7.35. The van der Waals surface area contributed by atoms with E-state index in [4.69, 9.17) is 15.9 Å². The molecule has 6 nitrogen and oxygen atoms in total. The zero-order chi connectivity index (χ0) is 12.4. The summed E-state index contributed by atoms with van der Waals surface area (Å²) in [5.41, 5.74) is 5.00. The highest BCUT2D eigenvalue weighted by molar-refractivity contribution is 5.74. The summed E-state index contributed by atoms with van der Waals surface area (Å²) in [5.74, 6) is -2.20. The third-order valence-corrected chi connectivity index (χ3v) is 1.55. The van der Waals surface area contributed by atoms with Gasteiger partial charge in [-0.15, -0.1) is 0 Å². The smallest absolute Gasteiger partial charge is 0.320 e. The Labute approximate surface area is 92.7 Å². The minimum absolute atomic E-state index is 0.0231. The SMILES string of the molecule is NC(CCC(=O)O)C(=O)O.c1ccncc1. The fourth-order valence-corrected chi connectivity index (χ4v) is 0.715. The van der Waals surface area contributed by atoms with Crippen molar-refractivity contribution in [3.63, 3.8) is 0 Å². The number of hydrogen-bond acceptors (Lipinski definition) is 4. The van der Waals surface area contributed by atoms with Crippen LogP contribution in [0.5, 0.6) is 0 Å². The summed E-state index contributed by atoms with van der Waals surface area (Å²) in [6.45, 7) is 0. The van der Waals surface area contributed by atoms with Crippen LogP contribution in [0.15, 0.2) is 30.6 Å². The van der Waals surface area contributed by atoms with Crippen molar-refractivity contribution in [2.24, 2.45) is 5.73 Å². The average Bonchev–Trinajstić information content (AvgIpc) is 2.28. The molecule has 0 aromatic carbocycles. The third kappa shape index (κ3) is 8.64. The summed E-state index contributed by atoms with van der Waals surface area (Å²) in [6.07, 6.45) is 3.28. The van der Waals surface area contributed by atoms with Gasteiger partial charge in [0.1, 0.15) is 6.04 Å². The fourth-order valence-electron chi connectivity index (χ4n) is 0.715. The molecule has 0 bridgehead atoms. The second kappa shape index (κ2) is 8.37. The van der Waals surface area contributed by atoms with Crippen molar-refractivity contribution >= 4 is 11.9 Å². The number of nitrogens with two attached hydrogens (primary N) is 1. The topological polar surface area (TPSA) is 114 Å². The highest BCUT2D eigenvalue weighted by Crippen LogP contribution is 1.93. The number of pyridine rings is 1. The summed E-state index contributed by atoms with van der Waals surface area (Å²) in [6, 6.07) is 4.66. The normalized spacial score (nSPS) is 10.8. The molecule has 0 amide bonds. The molecular formula is C10H14N2O4. The number of rotatable bonds is 4. The van der Waals surface area contributed by atoms with Gasteiger partial charge in [0.15, 0.2) is 0 Å². The van der Waals surface area contributed by atoms with E-state index >= 15 is 0 Å². The summed E-state index contributed by atoms with van der Waals surface area (Å²) in [7, 11) is 0. The van der Waals surface area contributed by atoms with E-state index in [-0.39, 0.29) is 12.8 Å². The zero-order valence-electron chi connectivity index (χ0n) is 8.61. The maximum atomic E-state index is 9.99. The van der Waals surface area contributed by atoms with Gasteiger partial charge in [0.25, 0.3) is 0 Å². The van der Waals surface area contributed by atoms with Crippen LogP contribution in [0.4, 0.5) is 0 Å². The maximum absolute atomic E-state index is 9.99. The molecule has 88 valence electrons. The van der Waals surface area contributed by atoms with E-state index in [9.17, 15) is 9.59 Å². The number of aliphatic carboxylic acids is 2. The lowest BCUT2D eigenvalue weighted by molar-refractivity contribution is -0.139. The largest absolute Gasteiger partial charge is 0.481 e. The van der Waals surface area contributed by atoms with E-state index in [2.05, 4.69) is 4.98 Å². The van der Waals surface area contributed by atoms with E-state index < -0.39 is 18.0 Å². The van der Waals surface area contributed by atoms with Crippen molar-refractivity contribution in [3.05, 3.63) is 30.6 Å². The van der Waals surface area contributed by atoms with Crippen molar-refractivity contribution in [3.8, 4) is 0 Å². The molecule has 0 aliphatic carbocycles. The molecule has 1 heterocycles.